The van der Waals surface area contributed by atoms with Gasteiger partial charge in [-0.05, 0) is 47.7 Å². The lowest BCUT2D eigenvalue weighted by molar-refractivity contribution is -0.0510. The molecule has 0 aliphatic rings. The summed E-state index contributed by atoms with van der Waals surface area (Å²) in [5.74, 6) is 0. The minimum Gasteiger partial charge on any atom is -0.344 e. The first kappa shape index (κ1) is 37.3. The Morgan fingerprint density at radius 2 is 0.511 bits per heavy atom. The zero-order valence-corrected chi connectivity index (χ0v) is 27.8. The van der Waals surface area contributed by atoms with Crippen molar-refractivity contribution in [2.24, 2.45) is 0 Å². The Morgan fingerprint density at radius 1 is 0.383 bits per heavy atom. The summed E-state index contributed by atoms with van der Waals surface area (Å²) in [4.78, 5) is 0. The SMILES string of the molecule is N.O=S(=O)(O)C(F)(F)F.c1ccc(P(c2ccccc2)c2ccccc2)cc1.c1ccc(P(c2ccccc2)c2ccccc2)cc1. The topological polar surface area (TPSA) is 89.4 Å². The summed E-state index contributed by atoms with van der Waals surface area (Å²) in [5, 5.41) is 8.39. The zero-order chi connectivity index (χ0) is 32.8. The molecule has 0 atom stereocenters. The van der Waals surface area contributed by atoms with Crippen LogP contribution in [0.2, 0.25) is 0 Å². The summed E-state index contributed by atoms with van der Waals surface area (Å²) in [7, 11) is -6.73. The molecule has 6 rings (SSSR count). The van der Waals surface area contributed by atoms with Crippen molar-refractivity contribution in [3.8, 4) is 0 Å². The van der Waals surface area contributed by atoms with Crippen LogP contribution in [-0.2, 0) is 10.1 Å². The monoisotopic (exact) mass is 691 g/mol. The van der Waals surface area contributed by atoms with Gasteiger partial charge in [-0.3, -0.25) is 4.55 Å². The second-order valence-corrected chi connectivity index (χ2v) is 15.5. The second kappa shape index (κ2) is 18.2. The largest absolute Gasteiger partial charge is 0.522 e. The van der Waals surface area contributed by atoms with E-state index >= 15 is 0 Å². The van der Waals surface area contributed by atoms with Gasteiger partial charge in [0.15, 0.2) is 0 Å². The van der Waals surface area contributed by atoms with Gasteiger partial charge in [0.1, 0.15) is 0 Å². The van der Waals surface area contributed by atoms with E-state index in [0.717, 1.165) is 0 Å². The van der Waals surface area contributed by atoms with E-state index in [1.807, 2.05) is 0 Å². The highest BCUT2D eigenvalue weighted by atomic mass is 32.2. The van der Waals surface area contributed by atoms with E-state index in [1.165, 1.54) is 31.8 Å². The Kier molecular flexibility index (Phi) is 14.5. The summed E-state index contributed by atoms with van der Waals surface area (Å²) in [6, 6.07) is 64.7. The minimum absolute atomic E-state index is 0. The van der Waals surface area contributed by atoms with Crippen LogP contribution in [0.1, 0.15) is 0 Å². The summed E-state index contributed by atoms with van der Waals surface area (Å²) in [6.07, 6.45) is 0. The zero-order valence-electron chi connectivity index (χ0n) is 25.2. The third-order valence-electron chi connectivity index (χ3n) is 6.38. The minimum atomic E-state index is -5.84. The Hall–Kier alpha value is -4.16. The van der Waals surface area contributed by atoms with Crippen molar-refractivity contribution in [3.05, 3.63) is 182 Å². The molecule has 6 aromatic carbocycles. The van der Waals surface area contributed by atoms with Gasteiger partial charge < -0.3 is 6.15 Å². The number of alkyl halides is 3. The summed E-state index contributed by atoms with van der Waals surface area (Å²) < 4.78 is 57.5. The first-order chi connectivity index (χ1) is 22.1. The summed E-state index contributed by atoms with van der Waals surface area (Å²) in [6.45, 7) is 0. The fraction of sp³-hybridized carbons (Fsp3) is 0.0270. The molecule has 0 amide bonds. The molecule has 0 aliphatic heterocycles. The van der Waals surface area contributed by atoms with Crippen molar-refractivity contribution >= 4 is 57.8 Å². The van der Waals surface area contributed by atoms with E-state index in [-0.39, 0.29) is 6.15 Å². The normalized spacial score (nSPS) is 10.9. The Morgan fingerprint density at radius 3 is 0.617 bits per heavy atom. The number of rotatable bonds is 6. The molecule has 0 spiro atoms. The van der Waals surface area contributed by atoms with Gasteiger partial charge in [0.25, 0.3) is 0 Å². The molecule has 4 nitrogen and oxygen atoms in total. The van der Waals surface area contributed by atoms with Crippen molar-refractivity contribution in [1.82, 2.24) is 6.15 Å². The lowest BCUT2D eigenvalue weighted by Crippen LogP contribution is -2.21. The quantitative estimate of drug-likeness (QED) is 0.108. The van der Waals surface area contributed by atoms with Gasteiger partial charge in [0, 0.05) is 0 Å². The Bertz CT molecular complexity index is 1530. The molecule has 10 heteroatoms. The van der Waals surface area contributed by atoms with Crippen LogP contribution >= 0.6 is 15.8 Å². The molecule has 0 saturated carbocycles. The average Bonchev–Trinajstić information content (AvgIpc) is 3.08. The maximum absolute atomic E-state index is 10.7. The Labute approximate surface area is 276 Å². The smallest absolute Gasteiger partial charge is 0.344 e. The number of benzene rings is 6. The molecule has 0 fully saturated rings. The van der Waals surface area contributed by atoms with Crippen molar-refractivity contribution < 1.29 is 26.1 Å². The van der Waals surface area contributed by atoms with E-state index in [0.29, 0.717) is 0 Å². The van der Waals surface area contributed by atoms with E-state index in [9.17, 15) is 13.2 Å². The maximum Gasteiger partial charge on any atom is 0.522 e. The van der Waals surface area contributed by atoms with Gasteiger partial charge in [-0.2, -0.15) is 21.6 Å². The molecule has 6 aromatic rings. The van der Waals surface area contributed by atoms with Crippen LogP contribution in [0.3, 0.4) is 0 Å². The highest BCUT2D eigenvalue weighted by Gasteiger charge is 2.44. The first-order valence-corrected chi connectivity index (χ1v) is 18.2. The van der Waals surface area contributed by atoms with Crippen molar-refractivity contribution in [2.75, 3.05) is 0 Å². The van der Waals surface area contributed by atoms with Crippen molar-refractivity contribution in [1.29, 1.82) is 0 Å². The van der Waals surface area contributed by atoms with E-state index in [1.54, 1.807) is 0 Å². The maximum atomic E-state index is 10.7. The molecule has 47 heavy (non-hydrogen) atoms. The molecular formula is C37H34F3NO3P2S. The second-order valence-electron chi connectivity index (χ2n) is 9.60. The highest BCUT2D eigenvalue weighted by molar-refractivity contribution is 7.86. The number of hydrogen-bond donors (Lipinski definition) is 2. The van der Waals surface area contributed by atoms with E-state index < -0.39 is 31.5 Å². The van der Waals surface area contributed by atoms with Crippen molar-refractivity contribution in [3.63, 3.8) is 0 Å². The molecule has 242 valence electrons. The molecule has 0 bridgehead atoms. The molecular weight excluding hydrogens is 657 g/mol. The fourth-order valence-corrected chi connectivity index (χ4v) is 8.97. The molecule has 4 N–H and O–H groups in total. The van der Waals surface area contributed by atoms with Crippen LogP contribution in [0.25, 0.3) is 0 Å². The molecule has 0 aromatic heterocycles. The summed E-state index contributed by atoms with van der Waals surface area (Å²) >= 11 is 0. The van der Waals surface area contributed by atoms with Gasteiger partial charge in [-0.15, -0.1) is 0 Å². The van der Waals surface area contributed by atoms with Crippen LogP contribution in [0.5, 0.6) is 0 Å². The molecule has 0 unspecified atom stereocenters. The third kappa shape index (κ3) is 11.2. The Balaban J connectivity index is 0.000000206. The number of hydrogen-bond acceptors (Lipinski definition) is 3. The van der Waals surface area contributed by atoms with Gasteiger partial charge in [-0.1, -0.05) is 182 Å². The standard InChI is InChI=1S/2C18H15P.CHF3O3S.H3N/c2*1-4-10-16(11-5-1)19(17-12-6-2-7-13-17)18-14-8-3-9-15-18;2-1(3,4)8(5,6)7;/h2*1-15H;(H,5,6,7);1H3. The summed E-state index contributed by atoms with van der Waals surface area (Å²) in [5.41, 5.74) is -5.53. The van der Waals surface area contributed by atoms with E-state index in [2.05, 4.69) is 182 Å². The van der Waals surface area contributed by atoms with Gasteiger partial charge in [-0.25, -0.2) is 0 Å². The average molecular weight is 692 g/mol. The predicted molar refractivity (Wildman–Crippen MR) is 193 cm³/mol. The third-order valence-corrected chi connectivity index (χ3v) is 11.9. The van der Waals surface area contributed by atoms with Gasteiger partial charge in [0.05, 0.1) is 0 Å². The van der Waals surface area contributed by atoms with Gasteiger partial charge in [0.2, 0.25) is 0 Å². The van der Waals surface area contributed by atoms with Crippen LogP contribution in [-0.4, -0.2) is 18.5 Å². The lowest BCUT2D eigenvalue weighted by atomic mass is 10.4. The highest BCUT2D eigenvalue weighted by Crippen LogP contribution is 2.33. The van der Waals surface area contributed by atoms with E-state index in [4.69, 9.17) is 13.0 Å². The van der Waals surface area contributed by atoms with Crippen LogP contribution < -0.4 is 38.0 Å². The first-order valence-electron chi connectivity index (χ1n) is 14.1. The number of halogens is 3. The van der Waals surface area contributed by atoms with Crippen LogP contribution in [0.4, 0.5) is 13.2 Å². The van der Waals surface area contributed by atoms with Crippen LogP contribution in [0.15, 0.2) is 182 Å². The molecule has 0 saturated heterocycles. The molecule has 0 radical (unpaired) electrons. The fourth-order valence-electron chi connectivity index (χ4n) is 4.36. The lowest BCUT2D eigenvalue weighted by Gasteiger charge is -2.18. The molecule has 0 aliphatic carbocycles. The molecule has 0 heterocycles. The van der Waals surface area contributed by atoms with Gasteiger partial charge >= 0.3 is 15.6 Å². The van der Waals surface area contributed by atoms with Crippen molar-refractivity contribution in [2.45, 2.75) is 5.51 Å². The predicted octanol–water partition coefficient (Wildman–Crippen LogP) is 7.45. The van der Waals surface area contributed by atoms with Crippen LogP contribution in [0, 0.1) is 0 Å².